The topological polar surface area (TPSA) is 79.7 Å². The summed E-state index contributed by atoms with van der Waals surface area (Å²) in [6.07, 6.45) is 1.87. The minimum absolute atomic E-state index is 0.129. The van der Waals surface area contributed by atoms with E-state index in [0.717, 1.165) is 16.8 Å². The number of amides is 2. The van der Waals surface area contributed by atoms with Gasteiger partial charge < -0.3 is 14.5 Å². The molecule has 1 aromatic heterocycles. The first-order chi connectivity index (χ1) is 18.7. The number of carbonyl (C=O) groups excluding carboxylic acids is 2. The average molecular weight is 546 g/mol. The van der Waals surface area contributed by atoms with Crippen LogP contribution in [0.15, 0.2) is 79.0 Å². The fourth-order valence-corrected chi connectivity index (χ4v) is 4.16. The van der Waals surface area contributed by atoms with Crippen molar-refractivity contribution in [3.8, 4) is 22.7 Å². The fourth-order valence-electron chi connectivity index (χ4n) is 4.03. The maximum absolute atomic E-state index is 13.3. The number of imidazole rings is 1. The molecule has 0 unspecified atom stereocenters. The molecule has 0 radical (unpaired) electrons. The van der Waals surface area contributed by atoms with Gasteiger partial charge in [-0.2, -0.15) is 0 Å². The number of carbonyl (C=O) groups is 2. The zero-order valence-electron chi connectivity index (χ0n) is 22.5. The SMILES string of the molecule is COc1ccc(C(=O)N(CCN(C)C)CC(=O)Nc2nc(-c3ccc(Cl)cc3)cn2-c2cccc(C)c2)cc1. The van der Waals surface area contributed by atoms with Crippen LogP contribution in [0.5, 0.6) is 5.75 Å². The number of benzene rings is 3. The monoisotopic (exact) mass is 545 g/mol. The van der Waals surface area contributed by atoms with Crippen LogP contribution in [-0.4, -0.2) is 72.0 Å². The second-order valence-electron chi connectivity index (χ2n) is 9.47. The van der Waals surface area contributed by atoms with E-state index in [-0.39, 0.29) is 18.4 Å². The van der Waals surface area contributed by atoms with Crippen LogP contribution in [0.4, 0.5) is 5.95 Å². The number of nitrogens with one attached hydrogen (secondary N) is 1. The summed E-state index contributed by atoms with van der Waals surface area (Å²) in [5.41, 5.74) is 3.96. The molecule has 1 N–H and O–H groups in total. The van der Waals surface area contributed by atoms with Gasteiger partial charge in [0, 0.05) is 41.1 Å². The predicted molar refractivity (Wildman–Crippen MR) is 155 cm³/mol. The summed E-state index contributed by atoms with van der Waals surface area (Å²) in [6.45, 7) is 2.86. The van der Waals surface area contributed by atoms with Gasteiger partial charge >= 0.3 is 0 Å². The van der Waals surface area contributed by atoms with E-state index in [2.05, 4.69) is 5.32 Å². The van der Waals surface area contributed by atoms with Crippen molar-refractivity contribution in [2.75, 3.05) is 46.2 Å². The van der Waals surface area contributed by atoms with Gasteiger partial charge in [0.25, 0.3) is 5.91 Å². The Morgan fingerprint density at radius 3 is 2.36 bits per heavy atom. The van der Waals surface area contributed by atoms with Crippen LogP contribution in [0.1, 0.15) is 15.9 Å². The van der Waals surface area contributed by atoms with Crippen LogP contribution in [-0.2, 0) is 4.79 Å². The van der Waals surface area contributed by atoms with Gasteiger partial charge in [-0.1, -0.05) is 35.9 Å². The zero-order valence-corrected chi connectivity index (χ0v) is 23.3. The molecule has 0 spiro atoms. The van der Waals surface area contributed by atoms with Crippen molar-refractivity contribution >= 4 is 29.4 Å². The molecule has 0 fully saturated rings. The van der Waals surface area contributed by atoms with Gasteiger partial charge in [-0.25, -0.2) is 4.98 Å². The smallest absolute Gasteiger partial charge is 0.254 e. The van der Waals surface area contributed by atoms with Crippen molar-refractivity contribution in [2.45, 2.75) is 6.92 Å². The summed E-state index contributed by atoms with van der Waals surface area (Å²) in [6, 6.07) is 22.1. The van der Waals surface area contributed by atoms with Crippen molar-refractivity contribution in [1.82, 2.24) is 19.4 Å². The number of likely N-dealkylation sites (N-methyl/N-ethyl adjacent to an activating group) is 1. The minimum atomic E-state index is -0.349. The second-order valence-corrected chi connectivity index (χ2v) is 9.91. The van der Waals surface area contributed by atoms with Crippen molar-refractivity contribution in [1.29, 1.82) is 0 Å². The quantitative estimate of drug-likeness (QED) is 0.298. The number of methoxy groups -OCH3 is 1. The first kappa shape index (κ1) is 27.9. The van der Waals surface area contributed by atoms with Gasteiger partial charge in [0.05, 0.1) is 12.8 Å². The Kier molecular flexibility index (Phi) is 9.01. The number of ether oxygens (including phenoxy) is 1. The van der Waals surface area contributed by atoms with Gasteiger partial charge in [0.2, 0.25) is 11.9 Å². The summed E-state index contributed by atoms with van der Waals surface area (Å²) in [5.74, 6) is 0.430. The van der Waals surface area contributed by atoms with E-state index in [9.17, 15) is 9.59 Å². The molecule has 4 aromatic rings. The number of aryl methyl sites for hydroxylation is 1. The Balaban J connectivity index is 1.60. The molecule has 202 valence electrons. The molecule has 9 heteroatoms. The van der Waals surface area contributed by atoms with Gasteiger partial charge in [0.1, 0.15) is 12.3 Å². The van der Waals surface area contributed by atoms with E-state index < -0.39 is 0 Å². The van der Waals surface area contributed by atoms with Crippen molar-refractivity contribution in [3.63, 3.8) is 0 Å². The van der Waals surface area contributed by atoms with Crippen molar-refractivity contribution in [3.05, 3.63) is 95.1 Å². The lowest BCUT2D eigenvalue weighted by Gasteiger charge is -2.24. The molecule has 0 aliphatic carbocycles. The number of nitrogens with zero attached hydrogens (tertiary/aromatic N) is 4. The molecule has 0 atom stereocenters. The van der Waals surface area contributed by atoms with Crippen molar-refractivity contribution < 1.29 is 14.3 Å². The van der Waals surface area contributed by atoms with Gasteiger partial charge in [-0.05, 0) is 75.1 Å². The molecule has 0 aliphatic rings. The molecule has 39 heavy (non-hydrogen) atoms. The van der Waals surface area contributed by atoms with Crippen LogP contribution >= 0.6 is 11.6 Å². The summed E-state index contributed by atoms with van der Waals surface area (Å²) < 4.78 is 7.04. The highest BCUT2D eigenvalue weighted by molar-refractivity contribution is 6.30. The molecule has 0 saturated carbocycles. The molecule has 2 amide bonds. The van der Waals surface area contributed by atoms with Gasteiger partial charge in [-0.15, -0.1) is 0 Å². The second kappa shape index (κ2) is 12.6. The lowest BCUT2D eigenvalue weighted by Crippen LogP contribution is -2.41. The van der Waals surface area contributed by atoms with Crippen LogP contribution in [0.25, 0.3) is 16.9 Å². The highest BCUT2D eigenvalue weighted by Crippen LogP contribution is 2.26. The lowest BCUT2D eigenvalue weighted by atomic mass is 10.2. The van der Waals surface area contributed by atoms with E-state index >= 15 is 0 Å². The van der Waals surface area contributed by atoms with Crippen LogP contribution in [0.2, 0.25) is 5.02 Å². The lowest BCUT2D eigenvalue weighted by molar-refractivity contribution is -0.117. The highest BCUT2D eigenvalue weighted by Gasteiger charge is 2.21. The van der Waals surface area contributed by atoms with Gasteiger partial charge in [0.15, 0.2) is 0 Å². The zero-order chi connectivity index (χ0) is 27.9. The van der Waals surface area contributed by atoms with Crippen LogP contribution in [0, 0.1) is 6.92 Å². The summed E-state index contributed by atoms with van der Waals surface area (Å²) in [5, 5.41) is 3.56. The normalized spacial score (nSPS) is 10.9. The van der Waals surface area contributed by atoms with Gasteiger partial charge in [-0.3, -0.25) is 19.5 Å². The molecule has 4 rings (SSSR count). The highest BCUT2D eigenvalue weighted by atomic mass is 35.5. The summed E-state index contributed by atoms with van der Waals surface area (Å²) in [4.78, 5) is 34.9. The van der Waals surface area contributed by atoms with Crippen LogP contribution < -0.4 is 10.1 Å². The molecular weight excluding hydrogens is 514 g/mol. The molecule has 0 bridgehead atoms. The van der Waals surface area contributed by atoms with E-state index in [0.29, 0.717) is 41.1 Å². The third-order valence-corrected chi connectivity index (χ3v) is 6.40. The number of rotatable bonds is 10. The molecule has 0 aliphatic heterocycles. The third-order valence-electron chi connectivity index (χ3n) is 6.15. The predicted octanol–water partition coefficient (Wildman–Crippen LogP) is 5.15. The van der Waals surface area contributed by atoms with E-state index in [1.165, 1.54) is 4.90 Å². The molecule has 0 saturated heterocycles. The standard InChI is InChI=1S/C30H32ClN5O3/c1-21-6-5-7-25(18-21)36-19-27(22-8-12-24(31)13-9-22)32-30(36)33-28(37)20-35(17-16-34(2)3)29(38)23-10-14-26(39-4)15-11-23/h5-15,18-19H,16-17,20H2,1-4H3,(H,32,33,37). The summed E-state index contributed by atoms with van der Waals surface area (Å²) >= 11 is 6.07. The Morgan fingerprint density at radius 2 is 1.72 bits per heavy atom. The Morgan fingerprint density at radius 1 is 1.00 bits per heavy atom. The average Bonchev–Trinajstić information content (AvgIpc) is 3.34. The largest absolute Gasteiger partial charge is 0.497 e. The van der Waals surface area contributed by atoms with Crippen LogP contribution in [0.3, 0.4) is 0 Å². The minimum Gasteiger partial charge on any atom is -0.497 e. The molecule has 8 nitrogen and oxygen atoms in total. The maximum atomic E-state index is 13.3. The van der Waals surface area contributed by atoms with E-state index in [1.807, 2.05) is 73.1 Å². The molecule has 1 heterocycles. The Labute approximate surface area is 233 Å². The first-order valence-corrected chi connectivity index (χ1v) is 12.9. The first-order valence-electron chi connectivity index (χ1n) is 12.5. The summed E-state index contributed by atoms with van der Waals surface area (Å²) in [7, 11) is 5.42. The number of aromatic nitrogens is 2. The Bertz CT molecular complexity index is 1430. The third kappa shape index (κ3) is 7.25. The number of anilines is 1. The van der Waals surface area contributed by atoms with Crippen molar-refractivity contribution in [2.24, 2.45) is 0 Å². The number of halogens is 1. The van der Waals surface area contributed by atoms with E-state index in [1.54, 1.807) is 43.5 Å². The Hall–Kier alpha value is -4.14. The molecule has 3 aromatic carbocycles. The number of hydrogen-bond acceptors (Lipinski definition) is 5. The number of hydrogen-bond donors (Lipinski definition) is 1. The van der Waals surface area contributed by atoms with E-state index in [4.69, 9.17) is 21.3 Å². The molecular formula is C30H32ClN5O3. The fraction of sp³-hybridized carbons (Fsp3) is 0.233. The maximum Gasteiger partial charge on any atom is 0.254 e.